The van der Waals surface area contributed by atoms with Gasteiger partial charge in [-0.3, -0.25) is 9.36 Å². The average molecular weight is 416 g/mol. The quantitative estimate of drug-likeness (QED) is 0.559. The minimum atomic E-state index is -0.0502. The topological polar surface area (TPSA) is 46.9 Å². The minimum Gasteiger partial charge on any atom is -0.348 e. The molecule has 0 radical (unpaired) electrons. The molecule has 162 valence electrons. The van der Waals surface area contributed by atoms with Gasteiger partial charge >= 0.3 is 0 Å². The Hall–Kier alpha value is -2.88. The summed E-state index contributed by atoms with van der Waals surface area (Å²) < 4.78 is 1.87. The van der Waals surface area contributed by atoms with Crippen LogP contribution in [-0.2, 0) is 0 Å². The maximum absolute atomic E-state index is 13.1. The van der Waals surface area contributed by atoms with E-state index in [2.05, 4.69) is 87.4 Å². The highest BCUT2D eigenvalue weighted by Gasteiger charge is 2.33. The van der Waals surface area contributed by atoms with Crippen molar-refractivity contribution in [3.63, 3.8) is 0 Å². The van der Waals surface area contributed by atoms with E-state index in [0.29, 0.717) is 11.6 Å². The Balaban J connectivity index is 1.53. The molecule has 1 aliphatic rings. The van der Waals surface area contributed by atoms with Crippen LogP contribution in [-0.4, -0.2) is 21.5 Å². The highest BCUT2D eigenvalue weighted by Crippen LogP contribution is 2.38. The molecule has 2 aromatic carbocycles. The smallest absolute Gasteiger partial charge is 0.270 e. The SMILES string of the molecule is Cc1cc(C)cc(-c2ccc(-n3cncc3C(=O)N[C@H]3C[C@@H](C)CC(C)(C)C3)cc2)c1. The van der Waals surface area contributed by atoms with Gasteiger partial charge in [-0.05, 0) is 67.7 Å². The summed E-state index contributed by atoms with van der Waals surface area (Å²) in [5.41, 5.74) is 6.67. The Morgan fingerprint density at radius 1 is 1.03 bits per heavy atom. The zero-order valence-corrected chi connectivity index (χ0v) is 19.3. The summed E-state index contributed by atoms with van der Waals surface area (Å²) in [7, 11) is 0. The van der Waals surface area contributed by atoms with Crippen molar-refractivity contribution in [2.45, 2.75) is 59.9 Å². The molecule has 1 aliphatic carbocycles. The lowest BCUT2D eigenvalue weighted by Crippen LogP contribution is -2.43. The molecule has 1 amide bonds. The van der Waals surface area contributed by atoms with Crippen LogP contribution in [0.1, 0.15) is 61.6 Å². The highest BCUT2D eigenvalue weighted by molar-refractivity contribution is 5.93. The van der Waals surface area contributed by atoms with Gasteiger partial charge in [-0.25, -0.2) is 4.98 Å². The number of aromatic nitrogens is 2. The molecule has 1 fully saturated rings. The maximum atomic E-state index is 13.1. The largest absolute Gasteiger partial charge is 0.348 e. The first kappa shape index (κ1) is 21.4. The first-order valence-electron chi connectivity index (χ1n) is 11.2. The highest BCUT2D eigenvalue weighted by atomic mass is 16.2. The van der Waals surface area contributed by atoms with Gasteiger partial charge in [0, 0.05) is 11.7 Å². The van der Waals surface area contributed by atoms with Crippen LogP contribution in [0.2, 0.25) is 0 Å². The van der Waals surface area contributed by atoms with Crippen molar-refractivity contribution >= 4 is 5.91 Å². The standard InChI is InChI=1S/C27H33N3O/c1-18-10-19(2)12-22(11-18)21-6-8-24(9-7-21)30-17-28-16-25(30)26(31)29-23-13-20(3)14-27(4,5)15-23/h6-12,16-17,20,23H,13-15H2,1-5H3,(H,29,31)/t20-,23+/m1/s1. The first-order chi connectivity index (χ1) is 14.7. The summed E-state index contributed by atoms with van der Waals surface area (Å²) in [5, 5.41) is 3.27. The van der Waals surface area contributed by atoms with Crippen LogP contribution >= 0.6 is 0 Å². The van der Waals surface area contributed by atoms with Gasteiger partial charge in [0.25, 0.3) is 5.91 Å². The third-order valence-corrected chi connectivity index (χ3v) is 6.29. The Morgan fingerprint density at radius 2 is 1.71 bits per heavy atom. The van der Waals surface area contributed by atoms with E-state index in [1.807, 2.05) is 4.57 Å². The summed E-state index contributed by atoms with van der Waals surface area (Å²) in [6.07, 6.45) is 6.64. The van der Waals surface area contributed by atoms with E-state index in [1.165, 1.54) is 28.7 Å². The van der Waals surface area contributed by atoms with Gasteiger partial charge in [-0.15, -0.1) is 0 Å². The van der Waals surface area contributed by atoms with Crippen LogP contribution in [0.25, 0.3) is 16.8 Å². The molecule has 0 saturated heterocycles. The van der Waals surface area contributed by atoms with Crippen molar-refractivity contribution in [2.24, 2.45) is 11.3 Å². The fourth-order valence-corrected chi connectivity index (χ4v) is 5.34. The van der Waals surface area contributed by atoms with Crippen molar-refractivity contribution in [1.29, 1.82) is 0 Å². The molecule has 4 nitrogen and oxygen atoms in total. The molecule has 3 aromatic rings. The normalized spacial score (nSPS) is 20.4. The second kappa shape index (κ2) is 8.33. The van der Waals surface area contributed by atoms with Crippen molar-refractivity contribution in [1.82, 2.24) is 14.9 Å². The van der Waals surface area contributed by atoms with Gasteiger partial charge < -0.3 is 5.32 Å². The van der Waals surface area contributed by atoms with Gasteiger partial charge in [0.1, 0.15) is 5.69 Å². The minimum absolute atomic E-state index is 0.0502. The molecular weight excluding hydrogens is 382 g/mol. The third kappa shape index (κ3) is 4.90. The molecule has 4 rings (SSSR count). The van der Waals surface area contributed by atoms with E-state index in [1.54, 1.807) is 12.5 Å². The van der Waals surface area contributed by atoms with E-state index < -0.39 is 0 Å². The van der Waals surface area contributed by atoms with E-state index in [0.717, 1.165) is 18.5 Å². The lowest BCUT2D eigenvalue weighted by molar-refractivity contribution is 0.0867. The predicted octanol–water partition coefficient (Wildman–Crippen LogP) is 6.10. The monoisotopic (exact) mass is 415 g/mol. The summed E-state index contributed by atoms with van der Waals surface area (Å²) in [6.45, 7) is 11.1. The van der Waals surface area contributed by atoms with Crippen LogP contribution in [0.5, 0.6) is 0 Å². The van der Waals surface area contributed by atoms with Crippen LogP contribution in [0.3, 0.4) is 0 Å². The average Bonchev–Trinajstić information content (AvgIpc) is 3.15. The molecular formula is C27H33N3O. The van der Waals surface area contributed by atoms with Gasteiger partial charge in [0.15, 0.2) is 0 Å². The summed E-state index contributed by atoms with van der Waals surface area (Å²) in [5.74, 6) is 0.572. The van der Waals surface area contributed by atoms with E-state index in [4.69, 9.17) is 0 Å². The predicted molar refractivity (Wildman–Crippen MR) is 127 cm³/mol. The van der Waals surface area contributed by atoms with Crippen molar-refractivity contribution in [2.75, 3.05) is 0 Å². The Bertz CT molecular complexity index is 1060. The van der Waals surface area contributed by atoms with Crippen LogP contribution in [0, 0.1) is 25.2 Å². The zero-order valence-electron chi connectivity index (χ0n) is 19.3. The molecule has 1 aromatic heterocycles. The Labute approximate surface area is 185 Å². The number of aryl methyl sites for hydroxylation is 2. The van der Waals surface area contributed by atoms with Crippen LogP contribution in [0.15, 0.2) is 55.0 Å². The van der Waals surface area contributed by atoms with E-state index in [9.17, 15) is 4.79 Å². The molecule has 0 aliphatic heterocycles. The van der Waals surface area contributed by atoms with Crippen molar-refractivity contribution < 1.29 is 4.79 Å². The molecule has 2 atom stereocenters. The maximum Gasteiger partial charge on any atom is 0.270 e. The number of nitrogens with one attached hydrogen (secondary N) is 1. The number of rotatable bonds is 4. The number of hydrogen-bond acceptors (Lipinski definition) is 2. The number of amides is 1. The molecule has 0 unspecified atom stereocenters. The molecule has 0 bridgehead atoms. The van der Waals surface area contributed by atoms with Gasteiger partial charge in [-0.1, -0.05) is 62.2 Å². The Kier molecular flexibility index (Phi) is 5.74. The number of imidazole rings is 1. The Morgan fingerprint density at radius 3 is 2.35 bits per heavy atom. The fraction of sp³-hybridized carbons (Fsp3) is 0.407. The lowest BCUT2D eigenvalue weighted by atomic mass is 9.70. The second-order valence-corrected chi connectivity index (χ2v) is 10.2. The lowest BCUT2D eigenvalue weighted by Gasteiger charge is -2.39. The molecule has 1 N–H and O–H groups in total. The molecule has 31 heavy (non-hydrogen) atoms. The summed E-state index contributed by atoms with van der Waals surface area (Å²) in [6, 6.07) is 15.1. The van der Waals surface area contributed by atoms with E-state index >= 15 is 0 Å². The van der Waals surface area contributed by atoms with Gasteiger partial charge in [0.05, 0.1) is 12.5 Å². The molecule has 0 spiro atoms. The number of carbonyl (C=O) groups is 1. The van der Waals surface area contributed by atoms with Gasteiger partial charge in [0.2, 0.25) is 0 Å². The van der Waals surface area contributed by atoms with E-state index in [-0.39, 0.29) is 17.4 Å². The number of benzene rings is 2. The number of carbonyl (C=O) groups excluding carboxylic acids is 1. The second-order valence-electron chi connectivity index (χ2n) is 10.2. The molecule has 1 heterocycles. The third-order valence-electron chi connectivity index (χ3n) is 6.29. The fourth-order valence-electron chi connectivity index (χ4n) is 5.34. The summed E-state index contributed by atoms with van der Waals surface area (Å²) in [4.78, 5) is 17.3. The zero-order chi connectivity index (χ0) is 22.2. The molecule has 4 heteroatoms. The van der Waals surface area contributed by atoms with Crippen LogP contribution < -0.4 is 5.32 Å². The summed E-state index contributed by atoms with van der Waals surface area (Å²) >= 11 is 0. The van der Waals surface area contributed by atoms with Crippen LogP contribution in [0.4, 0.5) is 0 Å². The van der Waals surface area contributed by atoms with Crippen molar-refractivity contribution in [3.05, 3.63) is 71.8 Å². The van der Waals surface area contributed by atoms with Gasteiger partial charge in [-0.2, -0.15) is 0 Å². The number of hydrogen-bond donors (Lipinski definition) is 1. The molecule has 1 saturated carbocycles. The van der Waals surface area contributed by atoms with Crippen molar-refractivity contribution in [3.8, 4) is 16.8 Å². The first-order valence-corrected chi connectivity index (χ1v) is 11.2. The number of nitrogens with zero attached hydrogens (tertiary/aromatic N) is 2.